The molecule has 1 heterocycles. The van der Waals surface area contributed by atoms with E-state index in [1.807, 2.05) is 37.3 Å². The number of anilines is 2. The summed E-state index contributed by atoms with van der Waals surface area (Å²) in [4.78, 5) is 10.6. The second kappa shape index (κ2) is 10.1. The van der Waals surface area contributed by atoms with Gasteiger partial charge in [-0.05, 0) is 68.3 Å². The number of benzene rings is 2. The second-order valence-corrected chi connectivity index (χ2v) is 8.04. The van der Waals surface area contributed by atoms with Crippen molar-refractivity contribution in [2.75, 3.05) is 17.6 Å². The van der Waals surface area contributed by atoms with Gasteiger partial charge in [0.15, 0.2) is 0 Å². The monoisotopic (exact) mass is 422 g/mol. The second-order valence-electron chi connectivity index (χ2n) is 6.93. The van der Waals surface area contributed by atoms with E-state index in [0.717, 1.165) is 33.9 Å². The van der Waals surface area contributed by atoms with Crippen molar-refractivity contribution in [1.82, 2.24) is 9.97 Å². The summed E-state index contributed by atoms with van der Waals surface area (Å²) in [5, 5.41) is 21.1. The molecule has 0 aliphatic carbocycles. The van der Waals surface area contributed by atoms with Crippen LogP contribution in [0.5, 0.6) is 5.75 Å². The molecule has 0 aliphatic heterocycles. The number of aromatic nitrogens is 2. The molecule has 8 heteroatoms. The van der Waals surface area contributed by atoms with Crippen LogP contribution in [0.1, 0.15) is 29.8 Å². The van der Waals surface area contributed by atoms with Crippen molar-refractivity contribution in [3.05, 3.63) is 65.6 Å². The van der Waals surface area contributed by atoms with E-state index in [1.54, 1.807) is 30.1 Å². The van der Waals surface area contributed by atoms with Crippen molar-refractivity contribution in [3.8, 4) is 5.75 Å². The summed E-state index contributed by atoms with van der Waals surface area (Å²) in [5.74, 6) is 1.31. The first-order chi connectivity index (χ1) is 14.5. The molecule has 0 saturated carbocycles. The third-order valence-corrected chi connectivity index (χ3v) is 5.54. The summed E-state index contributed by atoms with van der Waals surface area (Å²) in [6.07, 6.45) is 4.13. The van der Waals surface area contributed by atoms with E-state index in [0.29, 0.717) is 24.4 Å². The molecule has 0 bridgehead atoms. The number of nitrogen functional groups attached to an aromatic ring is 1. The van der Waals surface area contributed by atoms with Crippen LogP contribution in [-0.2, 0) is 6.42 Å². The van der Waals surface area contributed by atoms with E-state index in [9.17, 15) is 5.11 Å². The molecule has 0 radical (unpaired) electrons. The van der Waals surface area contributed by atoms with E-state index in [2.05, 4.69) is 15.3 Å². The molecule has 30 heavy (non-hydrogen) atoms. The van der Waals surface area contributed by atoms with Gasteiger partial charge in [-0.3, -0.25) is 5.41 Å². The molecule has 1 aromatic heterocycles. The van der Waals surface area contributed by atoms with Gasteiger partial charge in [0, 0.05) is 22.4 Å². The van der Waals surface area contributed by atoms with Crippen molar-refractivity contribution in [2.24, 2.45) is 5.73 Å². The lowest BCUT2D eigenvalue weighted by Crippen LogP contribution is -2.17. The van der Waals surface area contributed by atoms with Crippen molar-refractivity contribution in [3.63, 3.8) is 0 Å². The van der Waals surface area contributed by atoms with Crippen LogP contribution in [0.4, 0.5) is 11.5 Å². The predicted octanol–water partition coefficient (Wildman–Crippen LogP) is 3.94. The van der Waals surface area contributed by atoms with E-state index in [4.69, 9.17) is 16.9 Å². The number of phenolic OH excluding ortho intramolecular Hbond substituents is 1. The maximum absolute atomic E-state index is 9.49. The summed E-state index contributed by atoms with van der Waals surface area (Å²) in [5.41, 5.74) is 13.9. The van der Waals surface area contributed by atoms with Gasteiger partial charge in [-0.2, -0.15) is 0 Å². The smallest absolute Gasteiger partial charge is 0.138 e. The van der Waals surface area contributed by atoms with Gasteiger partial charge >= 0.3 is 0 Å². The highest BCUT2D eigenvalue weighted by atomic mass is 32.2. The Morgan fingerprint density at radius 3 is 2.63 bits per heavy atom. The minimum atomic E-state index is 0.138. The van der Waals surface area contributed by atoms with Crippen LogP contribution in [-0.4, -0.2) is 27.5 Å². The number of aryl methyl sites for hydroxylation is 2. The number of unbranched alkanes of at least 4 members (excludes halogenated alkanes) is 1. The Labute approximate surface area is 180 Å². The van der Waals surface area contributed by atoms with E-state index in [1.165, 1.54) is 0 Å². The molecule has 0 fully saturated rings. The fourth-order valence-corrected chi connectivity index (χ4v) is 3.73. The number of hydrogen-bond acceptors (Lipinski definition) is 7. The molecule has 0 atom stereocenters. The minimum absolute atomic E-state index is 0.138. The van der Waals surface area contributed by atoms with Crippen LogP contribution in [0.3, 0.4) is 0 Å². The average molecular weight is 423 g/mol. The van der Waals surface area contributed by atoms with Gasteiger partial charge in [-0.25, -0.2) is 9.97 Å². The first-order valence-electron chi connectivity index (χ1n) is 9.71. The first-order valence-corrected chi connectivity index (χ1v) is 10.5. The Hall–Kier alpha value is -3.10. The molecule has 0 aliphatic rings. The van der Waals surface area contributed by atoms with Gasteiger partial charge in [0.2, 0.25) is 0 Å². The maximum atomic E-state index is 9.49. The van der Waals surface area contributed by atoms with Gasteiger partial charge in [0.05, 0.1) is 11.3 Å². The van der Waals surface area contributed by atoms with Gasteiger partial charge in [0.1, 0.15) is 23.2 Å². The van der Waals surface area contributed by atoms with Crippen molar-refractivity contribution < 1.29 is 5.11 Å². The number of aromatic hydroxyl groups is 1. The molecule has 0 amide bonds. The molecule has 3 aromatic rings. The highest BCUT2D eigenvalue weighted by molar-refractivity contribution is 7.99. The SMILES string of the molecule is Cc1ccc(Sc2ccc(O)cc2)c(NC(=N)c2cnc(CCCCN)nc2N)c1. The molecule has 7 N–H and O–H groups in total. The molecular weight excluding hydrogens is 396 g/mol. The van der Waals surface area contributed by atoms with Crippen LogP contribution < -0.4 is 16.8 Å². The largest absolute Gasteiger partial charge is 0.508 e. The lowest BCUT2D eigenvalue weighted by atomic mass is 10.2. The Balaban J connectivity index is 1.77. The number of phenols is 1. The first kappa shape index (κ1) is 21.6. The van der Waals surface area contributed by atoms with Crippen LogP contribution in [0.25, 0.3) is 0 Å². The van der Waals surface area contributed by atoms with Crippen molar-refractivity contribution in [1.29, 1.82) is 5.41 Å². The van der Waals surface area contributed by atoms with Gasteiger partial charge in [-0.15, -0.1) is 0 Å². The number of nitrogens with one attached hydrogen (secondary N) is 2. The number of amidine groups is 1. The Morgan fingerprint density at radius 1 is 1.17 bits per heavy atom. The minimum Gasteiger partial charge on any atom is -0.508 e. The van der Waals surface area contributed by atoms with Crippen LogP contribution >= 0.6 is 11.8 Å². The average Bonchev–Trinajstić information content (AvgIpc) is 2.72. The van der Waals surface area contributed by atoms with E-state index >= 15 is 0 Å². The predicted molar refractivity (Wildman–Crippen MR) is 122 cm³/mol. The number of nitrogens with two attached hydrogens (primary N) is 2. The Bertz CT molecular complexity index is 1020. The molecule has 0 unspecified atom stereocenters. The fraction of sp³-hybridized carbons (Fsp3) is 0.227. The van der Waals surface area contributed by atoms with Crippen molar-refractivity contribution >= 4 is 29.1 Å². The highest BCUT2D eigenvalue weighted by Gasteiger charge is 2.13. The van der Waals surface area contributed by atoms with Crippen LogP contribution in [0, 0.1) is 12.3 Å². The highest BCUT2D eigenvalue weighted by Crippen LogP contribution is 2.35. The number of hydrogen-bond donors (Lipinski definition) is 5. The summed E-state index contributed by atoms with van der Waals surface area (Å²) in [6.45, 7) is 2.64. The molecule has 0 saturated heterocycles. The molecular formula is C22H26N6OS. The van der Waals surface area contributed by atoms with Crippen LogP contribution in [0.15, 0.2) is 58.5 Å². The summed E-state index contributed by atoms with van der Waals surface area (Å²) in [6, 6.07) is 13.0. The van der Waals surface area contributed by atoms with E-state index in [-0.39, 0.29) is 17.4 Å². The molecule has 7 nitrogen and oxygen atoms in total. The zero-order valence-electron chi connectivity index (χ0n) is 16.9. The third kappa shape index (κ3) is 5.71. The summed E-state index contributed by atoms with van der Waals surface area (Å²) >= 11 is 1.54. The normalized spacial score (nSPS) is 10.7. The van der Waals surface area contributed by atoms with Gasteiger partial charge in [0.25, 0.3) is 0 Å². The fourth-order valence-electron chi connectivity index (χ4n) is 2.85. The Kier molecular flexibility index (Phi) is 7.26. The lowest BCUT2D eigenvalue weighted by molar-refractivity contribution is 0.475. The van der Waals surface area contributed by atoms with Gasteiger partial charge in [-0.1, -0.05) is 17.8 Å². The Morgan fingerprint density at radius 2 is 1.93 bits per heavy atom. The topological polar surface area (TPSA) is 134 Å². The zero-order chi connectivity index (χ0) is 21.5. The zero-order valence-corrected chi connectivity index (χ0v) is 17.7. The number of nitrogens with zero attached hydrogens (tertiary/aromatic N) is 2. The van der Waals surface area contributed by atoms with Crippen molar-refractivity contribution in [2.45, 2.75) is 36.0 Å². The van der Waals surface area contributed by atoms with Crippen LogP contribution in [0.2, 0.25) is 0 Å². The molecule has 3 rings (SSSR count). The van der Waals surface area contributed by atoms with E-state index < -0.39 is 0 Å². The molecule has 0 spiro atoms. The van der Waals surface area contributed by atoms with Gasteiger partial charge < -0.3 is 21.9 Å². The standard InChI is InChI=1S/C22H26N6OS/c1-14-5-10-19(30-16-8-6-15(29)7-9-16)18(12-14)27-21(24)17-13-26-20(28-22(17)25)4-2-3-11-23/h5-10,12-13,29H,2-4,11,23H2,1H3,(H2,24,27)(H2,25,26,28). The quantitative estimate of drug-likeness (QED) is 0.211. The summed E-state index contributed by atoms with van der Waals surface area (Å²) < 4.78 is 0. The lowest BCUT2D eigenvalue weighted by Gasteiger charge is -2.15. The summed E-state index contributed by atoms with van der Waals surface area (Å²) in [7, 11) is 0. The molecule has 156 valence electrons. The maximum Gasteiger partial charge on any atom is 0.138 e. The molecule has 2 aromatic carbocycles. The third-order valence-electron chi connectivity index (χ3n) is 4.45. The number of rotatable bonds is 8.